The normalized spacial score (nSPS) is 11.1. The molecule has 0 aliphatic carbocycles. The minimum absolute atomic E-state index is 1.13. The third-order valence-electron chi connectivity index (χ3n) is 3.32. The summed E-state index contributed by atoms with van der Waals surface area (Å²) < 4.78 is 0. The predicted molar refractivity (Wildman–Crippen MR) is 67.6 cm³/mol. The van der Waals surface area contributed by atoms with Crippen molar-refractivity contribution in [2.45, 2.75) is 34.1 Å². The molecule has 0 radical (unpaired) electrons. The Morgan fingerprint density at radius 3 is 2.07 bits per heavy atom. The molecule has 1 aromatic carbocycles. The van der Waals surface area contributed by atoms with Crippen LogP contribution < -0.4 is 0 Å². The Labute approximate surface area is 94.1 Å². The van der Waals surface area contributed by atoms with Gasteiger partial charge in [0.25, 0.3) is 0 Å². The molecule has 0 saturated carbocycles. The van der Waals surface area contributed by atoms with Gasteiger partial charge >= 0.3 is 0 Å². The van der Waals surface area contributed by atoms with E-state index >= 15 is 0 Å². The van der Waals surface area contributed by atoms with Gasteiger partial charge in [-0.25, -0.2) is 0 Å². The molecule has 0 saturated heterocycles. The van der Waals surface area contributed by atoms with E-state index in [1.54, 1.807) is 0 Å². The molecule has 0 aliphatic heterocycles. The molecule has 0 unspecified atom stereocenters. The maximum absolute atomic E-state index is 2.31. The zero-order valence-electron chi connectivity index (χ0n) is 10.9. The van der Waals surface area contributed by atoms with Gasteiger partial charge in [0.05, 0.1) is 0 Å². The van der Waals surface area contributed by atoms with Gasteiger partial charge in [0, 0.05) is 6.54 Å². The highest BCUT2D eigenvalue weighted by Gasteiger charge is 2.07. The van der Waals surface area contributed by atoms with E-state index in [1.807, 2.05) is 0 Å². The molecule has 0 aromatic heterocycles. The Balaban J connectivity index is 3.02. The van der Waals surface area contributed by atoms with Crippen LogP contribution in [0.4, 0.5) is 0 Å². The number of aryl methyl sites for hydroxylation is 2. The van der Waals surface area contributed by atoms with Crippen LogP contribution in [0.5, 0.6) is 0 Å². The van der Waals surface area contributed by atoms with Crippen LogP contribution in [0.25, 0.3) is 0 Å². The van der Waals surface area contributed by atoms with E-state index in [0.717, 1.165) is 13.0 Å². The molecule has 0 fully saturated rings. The van der Waals surface area contributed by atoms with Gasteiger partial charge in [0.15, 0.2) is 0 Å². The van der Waals surface area contributed by atoms with E-state index in [9.17, 15) is 0 Å². The van der Waals surface area contributed by atoms with E-state index in [-0.39, 0.29) is 0 Å². The first-order chi connectivity index (χ1) is 6.93. The smallest absolute Gasteiger partial charge is 0.00159 e. The minimum Gasteiger partial charge on any atom is -0.309 e. The molecule has 0 bridgehead atoms. The molecule has 1 aromatic rings. The summed E-state index contributed by atoms with van der Waals surface area (Å²) >= 11 is 0. The topological polar surface area (TPSA) is 3.24 Å². The number of benzene rings is 1. The highest BCUT2D eigenvalue weighted by Crippen LogP contribution is 2.21. The summed E-state index contributed by atoms with van der Waals surface area (Å²) in [5.41, 5.74) is 7.33. The lowest BCUT2D eigenvalue weighted by atomic mass is 9.92. The van der Waals surface area contributed by atoms with Crippen molar-refractivity contribution in [2.75, 3.05) is 20.6 Å². The quantitative estimate of drug-likeness (QED) is 0.733. The molecular weight excluding hydrogens is 182 g/mol. The molecule has 84 valence electrons. The molecular formula is C14H23N. The lowest BCUT2D eigenvalue weighted by Gasteiger charge is -2.17. The molecule has 0 aliphatic rings. The Hall–Kier alpha value is -0.820. The maximum atomic E-state index is 2.31. The first-order valence-corrected chi connectivity index (χ1v) is 5.64. The summed E-state index contributed by atoms with van der Waals surface area (Å²) in [6.45, 7) is 10.0. The van der Waals surface area contributed by atoms with Crippen molar-refractivity contribution in [3.8, 4) is 0 Å². The molecule has 0 atom stereocenters. The second kappa shape index (κ2) is 4.80. The van der Waals surface area contributed by atoms with Crippen LogP contribution in [0.3, 0.4) is 0 Å². The molecule has 0 N–H and O–H groups in total. The SMILES string of the molecule is Cc1cc(C)c(CCN(C)C)c(C)c1C. The molecule has 1 rings (SSSR count). The molecule has 1 nitrogen and oxygen atoms in total. The Kier molecular flexibility index (Phi) is 3.92. The summed E-state index contributed by atoms with van der Waals surface area (Å²) in [6, 6.07) is 2.31. The first kappa shape index (κ1) is 12.3. The molecule has 0 spiro atoms. The van der Waals surface area contributed by atoms with Crippen LogP contribution >= 0.6 is 0 Å². The lowest BCUT2D eigenvalue weighted by Crippen LogP contribution is -2.16. The van der Waals surface area contributed by atoms with E-state index in [0.29, 0.717) is 0 Å². The largest absolute Gasteiger partial charge is 0.309 e. The van der Waals surface area contributed by atoms with Gasteiger partial charge in [0.2, 0.25) is 0 Å². The fourth-order valence-electron chi connectivity index (χ4n) is 2.06. The standard InChI is InChI=1S/C14H23N/c1-10-9-11(2)14(7-8-15(5)6)13(4)12(10)3/h9H,7-8H2,1-6H3. The molecule has 0 amide bonds. The second-order valence-electron chi connectivity index (χ2n) is 4.79. The van der Waals surface area contributed by atoms with Gasteiger partial charge in [-0.1, -0.05) is 6.07 Å². The Morgan fingerprint density at radius 1 is 0.933 bits per heavy atom. The number of rotatable bonds is 3. The van der Waals surface area contributed by atoms with E-state index in [4.69, 9.17) is 0 Å². The number of nitrogens with zero attached hydrogens (tertiary/aromatic N) is 1. The lowest BCUT2D eigenvalue weighted by molar-refractivity contribution is 0.413. The number of likely N-dealkylation sites (N-methyl/N-ethyl adjacent to an activating group) is 1. The van der Waals surface area contributed by atoms with Crippen LogP contribution in [-0.4, -0.2) is 25.5 Å². The van der Waals surface area contributed by atoms with Crippen LogP contribution in [0, 0.1) is 27.7 Å². The van der Waals surface area contributed by atoms with Crippen molar-refractivity contribution >= 4 is 0 Å². The zero-order valence-corrected chi connectivity index (χ0v) is 10.9. The van der Waals surface area contributed by atoms with Crippen LogP contribution in [0.2, 0.25) is 0 Å². The number of hydrogen-bond acceptors (Lipinski definition) is 1. The van der Waals surface area contributed by atoms with Gasteiger partial charge in [-0.2, -0.15) is 0 Å². The fraction of sp³-hybridized carbons (Fsp3) is 0.571. The van der Waals surface area contributed by atoms with Gasteiger partial charge < -0.3 is 4.90 Å². The third-order valence-corrected chi connectivity index (χ3v) is 3.32. The number of hydrogen-bond donors (Lipinski definition) is 0. The van der Waals surface area contributed by atoms with Gasteiger partial charge in [0.1, 0.15) is 0 Å². The van der Waals surface area contributed by atoms with Crippen molar-refractivity contribution < 1.29 is 0 Å². The predicted octanol–water partition coefficient (Wildman–Crippen LogP) is 3.02. The van der Waals surface area contributed by atoms with Gasteiger partial charge in [-0.05, 0) is 76.0 Å². The maximum Gasteiger partial charge on any atom is 0.00159 e. The van der Waals surface area contributed by atoms with Crippen molar-refractivity contribution in [1.29, 1.82) is 0 Å². The average Bonchev–Trinajstić information content (AvgIpc) is 2.14. The first-order valence-electron chi connectivity index (χ1n) is 5.64. The summed E-state index contributed by atoms with van der Waals surface area (Å²) in [4.78, 5) is 2.24. The molecule has 1 heteroatoms. The van der Waals surface area contributed by atoms with Crippen molar-refractivity contribution in [3.63, 3.8) is 0 Å². The summed E-state index contributed by atoms with van der Waals surface area (Å²) in [7, 11) is 4.26. The summed E-state index contributed by atoms with van der Waals surface area (Å²) in [5, 5.41) is 0. The Morgan fingerprint density at radius 2 is 1.53 bits per heavy atom. The minimum atomic E-state index is 1.13. The van der Waals surface area contributed by atoms with Crippen LogP contribution in [0.15, 0.2) is 6.07 Å². The van der Waals surface area contributed by atoms with E-state index < -0.39 is 0 Å². The van der Waals surface area contributed by atoms with Gasteiger partial charge in [-0.3, -0.25) is 0 Å². The molecule has 15 heavy (non-hydrogen) atoms. The summed E-state index contributed by atoms with van der Waals surface area (Å²) in [5.74, 6) is 0. The second-order valence-corrected chi connectivity index (χ2v) is 4.79. The van der Waals surface area contributed by atoms with Gasteiger partial charge in [-0.15, -0.1) is 0 Å². The van der Waals surface area contributed by atoms with Crippen molar-refractivity contribution in [2.24, 2.45) is 0 Å². The van der Waals surface area contributed by atoms with Crippen LogP contribution in [-0.2, 0) is 6.42 Å². The highest BCUT2D eigenvalue weighted by molar-refractivity contribution is 5.44. The average molecular weight is 205 g/mol. The van der Waals surface area contributed by atoms with Crippen LogP contribution in [0.1, 0.15) is 27.8 Å². The highest BCUT2D eigenvalue weighted by atomic mass is 15.0. The zero-order chi connectivity index (χ0) is 11.6. The third kappa shape index (κ3) is 2.82. The monoisotopic (exact) mass is 205 g/mol. The fourth-order valence-corrected chi connectivity index (χ4v) is 2.06. The van der Waals surface area contributed by atoms with E-state index in [1.165, 1.54) is 27.8 Å². The molecule has 0 heterocycles. The van der Waals surface area contributed by atoms with Crippen molar-refractivity contribution in [1.82, 2.24) is 4.90 Å². The van der Waals surface area contributed by atoms with Crippen molar-refractivity contribution in [3.05, 3.63) is 33.9 Å². The Bertz CT molecular complexity index is 351. The van der Waals surface area contributed by atoms with E-state index in [2.05, 4.69) is 52.8 Å². The summed E-state index contributed by atoms with van der Waals surface area (Å²) in [6.07, 6.45) is 1.16.